The first-order valence-electron chi connectivity index (χ1n) is 6.12. The van der Waals surface area contributed by atoms with Gasteiger partial charge in [0.2, 0.25) is 0 Å². The molecule has 0 bridgehead atoms. The molecule has 0 radical (unpaired) electrons. The van der Waals surface area contributed by atoms with Crippen molar-refractivity contribution in [1.82, 2.24) is 14.9 Å². The summed E-state index contributed by atoms with van der Waals surface area (Å²) in [7, 11) is 2.01. The van der Waals surface area contributed by atoms with Crippen LogP contribution in [-0.4, -0.2) is 27.2 Å². The van der Waals surface area contributed by atoms with Gasteiger partial charge in [-0.05, 0) is 31.5 Å². The maximum atomic E-state index is 9.49. The minimum absolute atomic E-state index is 0.297. The zero-order valence-corrected chi connectivity index (χ0v) is 9.98. The molecule has 2 heterocycles. The summed E-state index contributed by atoms with van der Waals surface area (Å²) in [5.41, 5.74) is 1.95. The van der Waals surface area contributed by atoms with Gasteiger partial charge in [-0.25, -0.2) is 4.98 Å². The topological polar surface area (TPSA) is 50.1 Å². The second-order valence-electron chi connectivity index (χ2n) is 4.76. The number of imidazole rings is 1. The van der Waals surface area contributed by atoms with Crippen LogP contribution in [0.5, 0.6) is 5.75 Å². The molecule has 1 unspecified atom stereocenters. The molecule has 1 aromatic carbocycles. The van der Waals surface area contributed by atoms with E-state index < -0.39 is 0 Å². The lowest BCUT2D eigenvalue weighted by Crippen LogP contribution is -2.25. The maximum Gasteiger partial charge on any atom is 0.117 e. The van der Waals surface area contributed by atoms with Crippen molar-refractivity contribution in [2.45, 2.75) is 25.3 Å². The second kappa shape index (κ2) is 4.04. The predicted molar refractivity (Wildman–Crippen MR) is 67.1 cm³/mol. The van der Waals surface area contributed by atoms with E-state index in [0.29, 0.717) is 11.8 Å². The number of phenolic OH excluding ortho intramolecular Hbond substituents is 1. The molecular weight excluding hydrogens is 214 g/mol. The number of aryl methyl sites for hydroxylation is 1. The van der Waals surface area contributed by atoms with Crippen molar-refractivity contribution in [3.8, 4) is 5.75 Å². The van der Waals surface area contributed by atoms with E-state index in [-0.39, 0.29) is 0 Å². The van der Waals surface area contributed by atoms with Gasteiger partial charge in [0.25, 0.3) is 0 Å². The van der Waals surface area contributed by atoms with Crippen molar-refractivity contribution in [3.05, 3.63) is 24.0 Å². The van der Waals surface area contributed by atoms with Gasteiger partial charge in [-0.2, -0.15) is 0 Å². The van der Waals surface area contributed by atoms with E-state index in [2.05, 4.69) is 14.9 Å². The Morgan fingerprint density at radius 2 is 2.41 bits per heavy atom. The lowest BCUT2D eigenvalue weighted by Gasteiger charge is -2.09. The minimum Gasteiger partial charge on any atom is -0.508 e. The summed E-state index contributed by atoms with van der Waals surface area (Å²) >= 11 is 0. The van der Waals surface area contributed by atoms with Crippen molar-refractivity contribution in [2.75, 3.05) is 6.54 Å². The molecule has 1 fully saturated rings. The van der Waals surface area contributed by atoms with Gasteiger partial charge < -0.3 is 15.0 Å². The number of phenols is 1. The standard InChI is InChI=1S/C13H17N3O/c1-16-12-8-10(17)4-5-11(12)15-13(16)7-9-3-2-6-14-9/h4-5,8-9,14,17H,2-3,6-7H2,1H3. The van der Waals surface area contributed by atoms with Crippen LogP contribution in [0, 0.1) is 0 Å². The molecule has 0 spiro atoms. The van der Waals surface area contributed by atoms with Crippen LogP contribution < -0.4 is 5.32 Å². The summed E-state index contributed by atoms with van der Waals surface area (Å²) in [6.07, 6.45) is 3.45. The lowest BCUT2D eigenvalue weighted by molar-refractivity contribution is 0.476. The second-order valence-corrected chi connectivity index (χ2v) is 4.76. The van der Waals surface area contributed by atoms with E-state index in [9.17, 15) is 5.11 Å². The maximum absolute atomic E-state index is 9.49. The fourth-order valence-corrected chi connectivity index (χ4v) is 2.56. The third-order valence-electron chi connectivity index (χ3n) is 3.55. The van der Waals surface area contributed by atoms with Crippen LogP contribution in [0.3, 0.4) is 0 Å². The number of aromatic hydroxyl groups is 1. The Bertz CT molecular complexity index is 541. The van der Waals surface area contributed by atoms with Crippen molar-refractivity contribution < 1.29 is 5.11 Å². The zero-order valence-electron chi connectivity index (χ0n) is 9.98. The van der Waals surface area contributed by atoms with E-state index >= 15 is 0 Å². The van der Waals surface area contributed by atoms with Crippen molar-refractivity contribution >= 4 is 11.0 Å². The molecule has 2 N–H and O–H groups in total. The van der Waals surface area contributed by atoms with Gasteiger partial charge in [0.1, 0.15) is 11.6 Å². The number of benzene rings is 1. The molecule has 3 rings (SSSR count). The molecule has 1 aliphatic rings. The molecule has 17 heavy (non-hydrogen) atoms. The number of nitrogens with one attached hydrogen (secondary N) is 1. The average Bonchev–Trinajstić information content (AvgIpc) is 2.91. The fourth-order valence-electron chi connectivity index (χ4n) is 2.56. The Balaban J connectivity index is 1.96. The SMILES string of the molecule is Cn1c(CC2CCCN2)nc2ccc(O)cc21. The Hall–Kier alpha value is -1.55. The molecule has 1 aromatic heterocycles. The first kappa shape index (κ1) is 10.6. The average molecular weight is 231 g/mol. The molecule has 90 valence electrons. The normalized spacial score (nSPS) is 20.2. The Kier molecular flexibility index (Phi) is 2.52. The highest BCUT2D eigenvalue weighted by atomic mass is 16.3. The zero-order chi connectivity index (χ0) is 11.8. The molecular formula is C13H17N3O. The molecule has 2 aromatic rings. The van der Waals surface area contributed by atoms with Crippen LogP contribution >= 0.6 is 0 Å². The quantitative estimate of drug-likeness (QED) is 0.825. The van der Waals surface area contributed by atoms with Crippen LogP contribution in [0.2, 0.25) is 0 Å². The molecule has 0 amide bonds. The van der Waals surface area contributed by atoms with E-state index in [1.807, 2.05) is 13.1 Å². The van der Waals surface area contributed by atoms with Crippen LogP contribution in [0.15, 0.2) is 18.2 Å². The van der Waals surface area contributed by atoms with Gasteiger partial charge >= 0.3 is 0 Å². The van der Waals surface area contributed by atoms with Gasteiger partial charge in [-0.3, -0.25) is 0 Å². The predicted octanol–water partition coefficient (Wildman–Crippen LogP) is 1.57. The van der Waals surface area contributed by atoms with Gasteiger partial charge in [-0.1, -0.05) is 0 Å². The van der Waals surface area contributed by atoms with Crippen LogP contribution in [-0.2, 0) is 13.5 Å². The van der Waals surface area contributed by atoms with Gasteiger partial charge in [-0.15, -0.1) is 0 Å². The number of fused-ring (bicyclic) bond motifs is 1. The third-order valence-corrected chi connectivity index (χ3v) is 3.55. The highest BCUT2D eigenvalue weighted by Crippen LogP contribution is 2.21. The highest BCUT2D eigenvalue weighted by molar-refractivity contribution is 5.77. The largest absolute Gasteiger partial charge is 0.508 e. The summed E-state index contributed by atoms with van der Waals surface area (Å²) < 4.78 is 2.08. The number of aromatic nitrogens is 2. The molecule has 4 heteroatoms. The van der Waals surface area contributed by atoms with Crippen molar-refractivity contribution in [3.63, 3.8) is 0 Å². The Morgan fingerprint density at radius 3 is 3.18 bits per heavy atom. The molecule has 4 nitrogen and oxygen atoms in total. The molecule has 0 aliphatic carbocycles. The lowest BCUT2D eigenvalue weighted by atomic mass is 10.1. The monoisotopic (exact) mass is 231 g/mol. The fraction of sp³-hybridized carbons (Fsp3) is 0.462. The first-order valence-corrected chi connectivity index (χ1v) is 6.12. The summed E-state index contributed by atoms with van der Waals surface area (Å²) in [6, 6.07) is 5.89. The number of nitrogens with zero attached hydrogens (tertiary/aromatic N) is 2. The van der Waals surface area contributed by atoms with Crippen LogP contribution in [0.4, 0.5) is 0 Å². The van der Waals surface area contributed by atoms with E-state index in [0.717, 1.165) is 29.8 Å². The van der Waals surface area contributed by atoms with Gasteiger partial charge in [0.15, 0.2) is 0 Å². The third kappa shape index (κ3) is 1.89. The van der Waals surface area contributed by atoms with E-state index in [1.54, 1.807) is 12.1 Å². The summed E-state index contributed by atoms with van der Waals surface area (Å²) in [5, 5.41) is 13.0. The number of hydrogen-bond acceptors (Lipinski definition) is 3. The molecule has 1 atom stereocenters. The highest BCUT2D eigenvalue weighted by Gasteiger charge is 2.17. The number of rotatable bonds is 2. The van der Waals surface area contributed by atoms with Gasteiger partial charge in [0.05, 0.1) is 11.0 Å². The number of hydrogen-bond donors (Lipinski definition) is 2. The Labute approximate surface area is 100 Å². The Morgan fingerprint density at radius 1 is 1.53 bits per heavy atom. The molecule has 1 aliphatic heterocycles. The first-order chi connectivity index (χ1) is 8.24. The van der Waals surface area contributed by atoms with Crippen molar-refractivity contribution in [1.29, 1.82) is 0 Å². The summed E-state index contributed by atoms with van der Waals surface area (Å²) in [6.45, 7) is 1.12. The molecule has 0 saturated carbocycles. The smallest absolute Gasteiger partial charge is 0.117 e. The van der Waals surface area contributed by atoms with Crippen LogP contribution in [0.1, 0.15) is 18.7 Å². The van der Waals surface area contributed by atoms with Crippen LogP contribution in [0.25, 0.3) is 11.0 Å². The van der Waals surface area contributed by atoms with Crippen molar-refractivity contribution in [2.24, 2.45) is 7.05 Å². The van der Waals surface area contributed by atoms with E-state index in [1.165, 1.54) is 12.8 Å². The summed E-state index contributed by atoms with van der Waals surface area (Å²) in [5.74, 6) is 1.39. The summed E-state index contributed by atoms with van der Waals surface area (Å²) in [4.78, 5) is 4.63. The van der Waals surface area contributed by atoms with Gasteiger partial charge in [0, 0.05) is 25.6 Å². The molecule has 1 saturated heterocycles. The van der Waals surface area contributed by atoms with E-state index in [4.69, 9.17) is 0 Å². The minimum atomic E-state index is 0.297.